The van der Waals surface area contributed by atoms with Gasteiger partial charge >= 0.3 is 0 Å². The molecule has 0 fully saturated rings. The molecule has 0 atom stereocenters. The topological polar surface area (TPSA) is 98.3 Å². The Morgan fingerprint density at radius 2 is 1.74 bits per heavy atom. The van der Waals surface area contributed by atoms with E-state index in [2.05, 4.69) is 5.32 Å². The van der Waals surface area contributed by atoms with E-state index in [0.29, 0.717) is 5.69 Å². The molecule has 6 nitrogen and oxygen atoms in total. The molecule has 3 aromatic carbocycles. The van der Waals surface area contributed by atoms with Gasteiger partial charge in [-0.15, -0.1) is 0 Å². The van der Waals surface area contributed by atoms with Gasteiger partial charge in [0.25, 0.3) is 11.6 Å². The summed E-state index contributed by atoms with van der Waals surface area (Å²) in [6.45, 7) is 0. The van der Waals surface area contributed by atoms with Crippen LogP contribution in [0.25, 0.3) is 10.8 Å². The number of hydrogen-bond acceptors (Lipinski definition) is 4. The second kappa shape index (κ2) is 5.76. The largest absolute Gasteiger partial charge is 0.393 e. The average Bonchev–Trinajstić information content (AvgIpc) is 2.54. The minimum atomic E-state index is -0.609. The average molecular weight is 307 g/mol. The summed E-state index contributed by atoms with van der Waals surface area (Å²) in [5, 5.41) is 15.7. The molecule has 3 aromatic rings. The molecule has 3 rings (SSSR count). The fourth-order valence-electron chi connectivity index (χ4n) is 2.31. The first-order chi connectivity index (χ1) is 11.0. The van der Waals surface area contributed by atoms with Crippen LogP contribution < -0.4 is 11.1 Å². The van der Waals surface area contributed by atoms with Gasteiger partial charge < -0.3 is 11.1 Å². The minimum absolute atomic E-state index is 0.0252. The standard InChI is InChI=1S/C17H13N3O3/c18-15-8-6-13(10-16(15)20(22)23)17(21)19-14-7-5-11-3-1-2-4-12(11)9-14/h1-10H,18H2,(H,19,21). The Hall–Kier alpha value is -3.41. The first-order valence-electron chi connectivity index (χ1n) is 6.88. The SMILES string of the molecule is Nc1ccc(C(=O)Nc2ccc3ccccc3c2)cc1[N+](=O)[O-]. The number of benzene rings is 3. The molecule has 0 aliphatic heterocycles. The van der Waals surface area contributed by atoms with Crippen molar-refractivity contribution in [2.24, 2.45) is 0 Å². The quantitative estimate of drug-likeness (QED) is 0.439. The highest BCUT2D eigenvalue weighted by Gasteiger charge is 2.15. The maximum Gasteiger partial charge on any atom is 0.292 e. The number of nitrogens with zero attached hydrogens (tertiary/aromatic N) is 1. The Balaban J connectivity index is 1.88. The fourth-order valence-corrected chi connectivity index (χ4v) is 2.31. The van der Waals surface area contributed by atoms with Gasteiger partial charge in [-0.2, -0.15) is 0 Å². The van der Waals surface area contributed by atoms with E-state index in [0.717, 1.165) is 10.8 Å². The van der Waals surface area contributed by atoms with Crippen LogP contribution in [-0.2, 0) is 0 Å². The molecule has 3 N–H and O–H groups in total. The van der Waals surface area contributed by atoms with Gasteiger partial charge in [-0.3, -0.25) is 14.9 Å². The van der Waals surface area contributed by atoms with Crippen molar-refractivity contribution >= 4 is 33.7 Å². The number of carbonyl (C=O) groups is 1. The molecular formula is C17H13N3O3. The molecule has 0 saturated carbocycles. The van der Waals surface area contributed by atoms with E-state index in [1.165, 1.54) is 18.2 Å². The highest BCUT2D eigenvalue weighted by atomic mass is 16.6. The highest BCUT2D eigenvalue weighted by Crippen LogP contribution is 2.24. The number of fused-ring (bicyclic) bond motifs is 1. The van der Waals surface area contributed by atoms with Crippen molar-refractivity contribution in [2.45, 2.75) is 0 Å². The van der Waals surface area contributed by atoms with E-state index in [1.807, 2.05) is 36.4 Å². The van der Waals surface area contributed by atoms with Gasteiger partial charge in [0.2, 0.25) is 0 Å². The Kier molecular flexibility index (Phi) is 3.64. The van der Waals surface area contributed by atoms with Crippen molar-refractivity contribution in [3.05, 3.63) is 76.3 Å². The van der Waals surface area contributed by atoms with Crippen LogP contribution in [0.3, 0.4) is 0 Å². The van der Waals surface area contributed by atoms with Crippen LogP contribution in [0.15, 0.2) is 60.7 Å². The molecule has 0 aliphatic rings. The lowest BCUT2D eigenvalue weighted by Crippen LogP contribution is -2.12. The number of nitrogens with one attached hydrogen (secondary N) is 1. The van der Waals surface area contributed by atoms with Crippen LogP contribution in [0, 0.1) is 10.1 Å². The number of nitrogens with two attached hydrogens (primary N) is 1. The number of amides is 1. The van der Waals surface area contributed by atoms with Crippen LogP contribution in [0.5, 0.6) is 0 Å². The highest BCUT2D eigenvalue weighted by molar-refractivity contribution is 6.06. The van der Waals surface area contributed by atoms with Crippen LogP contribution in [0.2, 0.25) is 0 Å². The summed E-state index contributed by atoms with van der Waals surface area (Å²) in [7, 11) is 0. The van der Waals surface area contributed by atoms with Crippen molar-refractivity contribution in [3.8, 4) is 0 Å². The second-order valence-electron chi connectivity index (χ2n) is 5.05. The molecule has 0 spiro atoms. The minimum Gasteiger partial charge on any atom is -0.393 e. The number of anilines is 2. The normalized spacial score (nSPS) is 10.4. The summed E-state index contributed by atoms with van der Waals surface area (Å²) < 4.78 is 0. The first kappa shape index (κ1) is 14.5. The lowest BCUT2D eigenvalue weighted by atomic mass is 10.1. The van der Waals surface area contributed by atoms with Gasteiger partial charge in [0, 0.05) is 17.3 Å². The first-order valence-corrected chi connectivity index (χ1v) is 6.88. The van der Waals surface area contributed by atoms with Gasteiger partial charge in [-0.1, -0.05) is 30.3 Å². The van der Waals surface area contributed by atoms with E-state index in [9.17, 15) is 14.9 Å². The van der Waals surface area contributed by atoms with Crippen molar-refractivity contribution in [3.63, 3.8) is 0 Å². The number of nitro benzene ring substituents is 1. The Morgan fingerprint density at radius 3 is 2.48 bits per heavy atom. The van der Waals surface area contributed by atoms with Gasteiger partial charge in [-0.05, 0) is 35.0 Å². The van der Waals surface area contributed by atoms with E-state index in [-0.39, 0.29) is 16.9 Å². The number of hydrogen-bond donors (Lipinski definition) is 2. The smallest absolute Gasteiger partial charge is 0.292 e. The molecule has 23 heavy (non-hydrogen) atoms. The lowest BCUT2D eigenvalue weighted by Gasteiger charge is -2.07. The molecular weight excluding hydrogens is 294 g/mol. The lowest BCUT2D eigenvalue weighted by molar-refractivity contribution is -0.383. The van der Waals surface area contributed by atoms with Gasteiger partial charge in [-0.25, -0.2) is 0 Å². The zero-order valence-electron chi connectivity index (χ0n) is 12.0. The molecule has 0 aromatic heterocycles. The van der Waals surface area contributed by atoms with E-state index in [4.69, 9.17) is 5.73 Å². The molecule has 0 bridgehead atoms. The molecule has 6 heteroatoms. The molecule has 0 saturated heterocycles. The maximum absolute atomic E-state index is 12.3. The summed E-state index contributed by atoms with van der Waals surface area (Å²) in [4.78, 5) is 22.5. The number of nitro groups is 1. The summed E-state index contributed by atoms with van der Waals surface area (Å²) in [6.07, 6.45) is 0. The number of carbonyl (C=O) groups excluding carboxylic acids is 1. The van der Waals surface area contributed by atoms with Gasteiger partial charge in [0.05, 0.1) is 4.92 Å². The molecule has 1 amide bonds. The Morgan fingerprint density at radius 1 is 1.00 bits per heavy atom. The van der Waals surface area contributed by atoms with E-state index < -0.39 is 10.8 Å². The third-order valence-corrected chi connectivity index (χ3v) is 3.50. The fraction of sp³-hybridized carbons (Fsp3) is 0. The molecule has 0 aliphatic carbocycles. The molecule has 0 heterocycles. The van der Waals surface area contributed by atoms with Crippen LogP contribution in [-0.4, -0.2) is 10.8 Å². The van der Waals surface area contributed by atoms with E-state index in [1.54, 1.807) is 6.07 Å². The van der Waals surface area contributed by atoms with Gasteiger partial charge in [0.15, 0.2) is 0 Å². The van der Waals surface area contributed by atoms with Crippen LogP contribution in [0.4, 0.5) is 17.1 Å². The molecule has 0 unspecified atom stereocenters. The Labute approximate surface area is 131 Å². The van der Waals surface area contributed by atoms with E-state index >= 15 is 0 Å². The van der Waals surface area contributed by atoms with Crippen LogP contribution >= 0.6 is 0 Å². The van der Waals surface area contributed by atoms with Crippen molar-refractivity contribution in [1.82, 2.24) is 0 Å². The zero-order chi connectivity index (χ0) is 16.4. The van der Waals surface area contributed by atoms with Crippen molar-refractivity contribution in [2.75, 3.05) is 11.1 Å². The third kappa shape index (κ3) is 2.96. The number of nitrogen functional groups attached to an aromatic ring is 1. The predicted octanol–water partition coefficient (Wildman–Crippen LogP) is 3.58. The maximum atomic E-state index is 12.3. The van der Waals surface area contributed by atoms with Crippen molar-refractivity contribution in [1.29, 1.82) is 0 Å². The summed E-state index contributed by atoms with van der Waals surface area (Å²) in [5.41, 5.74) is 6.07. The number of rotatable bonds is 3. The molecule has 114 valence electrons. The summed E-state index contributed by atoms with van der Waals surface area (Å²) in [5.74, 6) is -0.427. The molecule has 0 radical (unpaired) electrons. The monoisotopic (exact) mass is 307 g/mol. The predicted molar refractivity (Wildman–Crippen MR) is 89.4 cm³/mol. The van der Waals surface area contributed by atoms with Crippen molar-refractivity contribution < 1.29 is 9.72 Å². The zero-order valence-corrected chi connectivity index (χ0v) is 12.0. The van der Waals surface area contributed by atoms with Crippen LogP contribution in [0.1, 0.15) is 10.4 Å². The Bertz CT molecular complexity index is 922. The third-order valence-electron chi connectivity index (χ3n) is 3.50. The second-order valence-corrected chi connectivity index (χ2v) is 5.05. The summed E-state index contributed by atoms with van der Waals surface area (Å²) in [6, 6.07) is 17.3. The summed E-state index contributed by atoms with van der Waals surface area (Å²) >= 11 is 0. The van der Waals surface area contributed by atoms with Gasteiger partial charge in [0.1, 0.15) is 5.69 Å².